The molecule has 0 spiro atoms. The van der Waals surface area contributed by atoms with Gasteiger partial charge in [-0.25, -0.2) is 80.6 Å². The van der Waals surface area contributed by atoms with E-state index in [1.807, 2.05) is 123 Å². The Bertz CT molecular complexity index is 6120. The number of halogens is 2. The lowest BCUT2D eigenvalue weighted by molar-refractivity contribution is -0.141. The smallest absolute Gasteiger partial charge is 0.437 e. The lowest BCUT2D eigenvalue weighted by atomic mass is 10.2. The molecule has 3 aromatic carbocycles. The van der Waals surface area contributed by atoms with Crippen molar-refractivity contribution in [3.05, 3.63) is 254 Å². The number of rotatable bonds is 7. The van der Waals surface area contributed by atoms with Gasteiger partial charge in [-0.2, -0.15) is 49.6 Å². The molecule has 10 amide bonds. The predicted molar refractivity (Wildman–Crippen MR) is 527 cm³/mol. The van der Waals surface area contributed by atoms with Crippen LogP contribution in [0.4, 0.5) is 51.9 Å². The number of alkyl carbamates (subject to hydrolysis) is 4. The molecule has 8 aromatic heterocycles. The van der Waals surface area contributed by atoms with Crippen LogP contribution in [0.2, 0.25) is 0 Å². The summed E-state index contributed by atoms with van der Waals surface area (Å²) in [6.07, 6.45) is 14.0. The van der Waals surface area contributed by atoms with E-state index in [9.17, 15) is 56.7 Å². The summed E-state index contributed by atoms with van der Waals surface area (Å²) in [5.41, 5.74) is 16.8. The summed E-state index contributed by atoms with van der Waals surface area (Å²) in [7, 11) is 0. The summed E-state index contributed by atoms with van der Waals surface area (Å²) in [4.78, 5) is 135. The van der Waals surface area contributed by atoms with E-state index in [4.69, 9.17) is 76.1 Å². The van der Waals surface area contributed by atoms with Crippen LogP contribution in [0, 0.1) is 37.0 Å². The first-order valence-corrected chi connectivity index (χ1v) is 43.3. The van der Waals surface area contributed by atoms with E-state index < -0.39 is 106 Å². The van der Waals surface area contributed by atoms with Crippen LogP contribution in [0.5, 0.6) is 0 Å². The molecule has 778 valence electrons. The molecular formula is C92H122F2N32O19. The first kappa shape index (κ1) is 119. The van der Waals surface area contributed by atoms with Gasteiger partial charge in [0.15, 0.2) is 0 Å². The van der Waals surface area contributed by atoms with Crippen LogP contribution in [-0.4, -0.2) is 226 Å². The van der Waals surface area contributed by atoms with Crippen molar-refractivity contribution in [3.63, 3.8) is 0 Å². The Morgan fingerprint density at radius 2 is 0.648 bits per heavy atom. The highest BCUT2D eigenvalue weighted by Crippen LogP contribution is 2.17. The van der Waals surface area contributed by atoms with E-state index in [2.05, 4.69) is 87.0 Å². The standard InChI is InChI=1S/C20H18N4O4.C15H24N4O4.C14H22N4O4.C12H16F2N4O3.C12H12N4O2.C9H14N4O2.C6H10N4.C4H6N4/c25-19(27-14-16-8-3-1-4-9-16)22-18(24-13-7-12-21-24)23-20(26)28-15-17-10-5-2-6-11-17;1-10-8-16-19(9-10)11(17-12(20)22-14(2,3)4)18-13(21)23-15(5,6)7;1-13(2,3)21-11(19)16-10(18-9-7-8-15-18)17-12(20)22-14(4,5)6;1-11(2,3)21-10(20)17-9(18-7-5-6-15-18)16-8(19)12(4,13)14;13-11(16-8-4-7-14-16)15-12(17)18-9-10-5-2-1-3-6-10;1-9(2,3)15-8(14)12-7(10)13-6-4-5-11-13;1-4-3-5(2)10(9-4)6(7)8;5-4(6)8-3-1-2-7-8/h1-13H,14-15H2,(H,22,23,25,26);8-9H,1-7H3,(H,17,18,20,21);7-9H,1-6H3,(H,16,17,19,20);5-7H,1-4H3,(H,16,17,19,20);1-8H,9H2,(H2,13,15,17);4-6H,1-3H3,(H2,10,12,14);3H,1-2H3,(H3,7,8);1-3H,(H3,5,6). The van der Waals surface area contributed by atoms with Crippen LogP contribution in [0.25, 0.3) is 0 Å². The minimum Gasteiger partial charge on any atom is -0.444 e. The Morgan fingerprint density at radius 1 is 0.345 bits per heavy atom. The summed E-state index contributed by atoms with van der Waals surface area (Å²) < 4.78 is 81.3. The zero-order valence-corrected chi connectivity index (χ0v) is 84.0. The third kappa shape index (κ3) is 52.5. The number of benzene rings is 3. The maximum atomic E-state index is 12.9. The van der Waals surface area contributed by atoms with Gasteiger partial charge in [0, 0.05) is 93.2 Å². The van der Waals surface area contributed by atoms with Gasteiger partial charge in [-0.1, -0.05) is 91.0 Å². The molecule has 0 radical (unpaired) electrons. The fourth-order valence-electron chi connectivity index (χ4n) is 9.50. The third-order valence-electron chi connectivity index (χ3n) is 15.0. The maximum absolute atomic E-state index is 12.9. The SMILES string of the molecule is CC(C)(C)OC(=O)N=C(NC(=O)C(C)(F)F)n1cccn1.CC(C)(C)OC(=O)N=C(NC(=O)OC(C)(C)C)n1cccn1.CC(C)(C)OC(=O)NC(=N)n1cccn1.Cc1cc(C)n(C(=N)N)n1.Cc1cnn(C(=NC(=O)OC(C)(C)C)NC(=O)OC(C)(C)C)c1.N=C(N)n1cccn1.NC(=NC(=O)OCc1ccccc1)n1cccn1.O=C(N=C(NC(=O)OCc1ccccc1)n1cccn1)OCc1ccccc1. The van der Waals surface area contributed by atoms with Crippen molar-refractivity contribution in [2.75, 3.05) is 0 Å². The number of nitrogen functional groups attached to an aromatic ring is 2. The molecule has 145 heavy (non-hydrogen) atoms. The van der Waals surface area contributed by atoms with Gasteiger partial charge in [-0.15, -0.1) is 25.0 Å². The summed E-state index contributed by atoms with van der Waals surface area (Å²) in [5.74, 6) is -6.30. The molecule has 8 heterocycles. The van der Waals surface area contributed by atoms with Gasteiger partial charge in [0.1, 0.15) is 53.4 Å². The molecule has 53 heteroatoms. The number of aromatic nitrogens is 16. The Kier molecular flexibility index (Phi) is 46.7. The second kappa shape index (κ2) is 56.8. The van der Waals surface area contributed by atoms with Crippen molar-refractivity contribution in [2.24, 2.45) is 42.2 Å². The number of ether oxygens (including phenoxy) is 9. The first-order chi connectivity index (χ1) is 67.6. The number of amides is 10. The van der Waals surface area contributed by atoms with E-state index in [0.717, 1.165) is 38.3 Å². The van der Waals surface area contributed by atoms with E-state index >= 15 is 0 Å². The number of aliphatic imine (C=N–C) groups is 5. The van der Waals surface area contributed by atoms with Crippen molar-refractivity contribution in [1.82, 2.24) is 105 Å². The number of nitrogens with zero attached hydrogens (tertiary/aromatic N) is 21. The van der Waals surface area contributed by atoms with Crippen molar-refractivity contribution < 1.29 is 99.4 Å². The third-order valence-corrected chi connectivity index (χ3v) is 15.0. The summed E-state index contributed by atoms with van der Waals surface area (Å²) in [6.45, 7) is 37.1. The lowest BCUT2D eigenvalue weighted by Gasteiger charge is -2.20. The lowest BCUT2D eigenvalue weighted by Crippen LogP contribution is -2.44. The Hall–Kier alpha value is -18.1. The zero-order chi connectivity index (χ0) is 109. The molecule has 0 atom stereocenters. The summed E-state index contributed by atoms with van der Waals surface area (Å²) in [6, 6.07) is 39.4. The molecule has 0 fully saturated rings. The van der Waals surface area contributed by atoms with Crippen LogP contribution in [0.1, 0.15) is 165 Å². The Labute approximate surface area is 832 Å². The summed E-state index contributed by atoms with van der Waals surface area (Å²) >= 11 is 0. The minimum atomic E-state index is -3.62. The molecule has 0 saturated carbocycles. The average molecular weight is 2020 g/mol. The molecule has 0 aliphatic rings. The van der Waals surface area contributed by atoms with Crippen LogP contribution >= 0.6 is 0 Å². The van der Waals surface area contributed by atoms with Crippen molar-refractivity contribution in [3.8, 4) is 0 Å². The zero-order valence-electron chi connectivity index (χ0n) is 84.0. The molecule has 0 aliphatic heterocycles. The average Bonchev–Trinajstić information content (AvgIpc) is 1.80. The second-order valence-electron chi connectivity index (χ2n) is 35.3. The molecule has 14 N–H and O–H groups in total. The van der Waals surface area contributed by atoms with Crippen molar-refractivity contribution in [1.29, 1.82) is 16.2 Å². The van der Waals surface area contributed by atoms with Crippen LogP contribution in [0.15, 0.2) is 245 Å². The van der Waals surface area contributed by atoms with E-state index in [1.165, 1.54) is 88.4 Å². The topological polar surface area (TPSA) is 668 Å². The first-order valence-electron chi connectivity index (χ1n) is 43.3. The minimum absolute atomic E-state index is 0.0296. The van der Waals surface area contributed by atoms with Gasteiger partial charge in [-0.05, 0) is 210 Å². The van der Waals surface area contributed by atoms with Gasteiger partial charge in [0.2, 0.25) is 47.7 Å². The molecule has 0 bridgehead atoms. The molecule has 51 nitrogen and oxygen atoms in total. The van der Waals surface area contributed by atoms with Crippen molar-refractivity contribution in [2.45, 2.75) is 212 Å². The quantitative estimate of drug-likeness (QED) is 0.0401. The van der Waals surface area contributed by atoms with E-state index in [-0.39, 0.29) is 61.5 Å². The second-order valence-corrected chi connectivity index (χ2v) is 35.3. The van der Waals surface area contributed by atoms with Gasteiger partial charge in [0.05, 0.1) is 11.9 Å². The predicted octanol–water partition coefficient (Wildman–Crippen LogP) is 13.0. The number of hydrogen-bond acceptors (Lipinski definition) is 30. The largest absolute Gasteiger partial charge is 0.444 e. The van der Waals surface area contributed by atoms with Crippen molar-refractivity contribution >= 4 is 108 Å². The van der Waals surface area contributed by atoms with E-state index in [0.29, 0.717) is 6.92 Å². The number of carbonyl (C=O) groups is 10. The molecule has 11 aromatic rings. The number of alkyl halides is 2. The fraction of sp³-hybridized carbons (Fsp3) is 0.348. The molecule has 11 rings (SSSR count). The maximum Gasteiger partial charge on any atom is 0.437 e. The number of nitrogens with one attached hydrogen (secondary N) is 8. The highest BCUT2D eigenvalue weighted by molar-refractivity contribution is 6.04. The molecule has 0 unspecified atom stereocenters. The summed E-state index contributed by atoms with van der Waals surface area (Å²) in [5, 5.41) is 63.6. The number of carbonyl (C=O) groups excluding carboxylic acids is 10. The van der Waals surface area contributed by atoms with Crippen LogP contribution in [-0.2, 0) is 67.2 Å². The molecule has 0 saturated heterocycles. The number of nitrogens with two attached hydrogens (primary N) is 3. The van der Waals surface area contributed by atoms with Gasteiger partial charge in [0.25, 0.3) is 5.91 Å². The van der Waals surface area contributed by atoms with Crippen LogP contribution in [0.3, 0.4) is 0 Å². The fourth-order valence-corrected chi connectivity index (χ4v) is 9.50. The Morgan fingerprint density at radius 3 is 0.938 bits per heavy atom. The monoisotopic (exact) mass is 2020 g/mol. The Balaban J connectivity index is 0.000000352. The number of hydrogen-bond donors (Lipinski definition) is 11. The molecular weight excluding hydrogens is 1900 g/mol. The highest BCUT2D eigenvalue weighted by Gasteiger charge is 2.34. The van der Waals surface area contributed by atoms with Gasteiger partial charge >= 0.3 is 60.8 Å². The normalized spacial score (nSPS) is 11.6. The van der Waals surface area contributed by atoms with Crippen LogP contribution < -0.4 is 43.8 Å². The van der Waals surface area contributed by atoms with E-state index in [1.54, 1.807) is 192 Å². The van der Waals surface area contributed by atoms with Gasteiger partial charge < -0.3 is 59.8 Å². The van der Waals surface area contributed by atoms with Gasteiger partial charge in [-0.3, -0.25) is 47.6 Å². The molecule has 0 aliphatic carbocycles. The number of aryl methyl sites for hydroxylation is 3. The highest BCUT2D eigenvalue weighted by atomic mass is 19.3.